The molecule has 0 aliphatic heterocycles. The summed E-state index contributed by atoms with van der Waals surface area (Å²) in [5.41, 5.74) is -0.380. The Labute approximate surface area is 129 Å². The molecule has 1 aromatic carbocycles. The molecule has 0 spiro atoms. The van der Waals surface area contributed by atoms with Gasteiger partial charge in [0.05, 0.1) is 10.7 Å². The summed E-state index contributed by atoms with van der Waals surface area (Å²) in [4.78, 5) is 11.1. The van der Waals surface area contributed by atoms with Crippen LogP contribution in [0.25, 0.3) is 5.69 Å². The first-order chi connectivity index (χ1) is 9.67. The van der Waals surface area contributed by atoms with Gasteiger partial charge >= 0.3 is 12.3 Å². The minimum Gasteiger partial charge on any atom is -0.477 e. The van der Waals surface area contributed by atoms with Crippen molar-refractivity contribution in [2.45, 2.75) is 6.36 Å². The van der Waals surface area contributed by atoms with E-state index in [0.717, 1.165) is 16.7 Å². The fraction of sp³-hybridized carbons (Fsp3) is 0.0833. The van der Waals surface area contributed by atoms with Crippen molar-refractivity contribution in [3.8, 4) is 11.4 Å². The smallest absolute Gasteiger partial charge is 0.477 e. The van der Waals surface area contributed by atoms with Gasteiger partial charge in [-0.05, 0) is 24.3 Å². The number of alkyl halides is 3. The quantitative estimate of drug-likeness (QED) is 0.848. The van der Waals surface area contributed by atoms with Gasteiger partial charge in [0.2, 0.25) is 0 Å². The molecule has 0 saturated heterocycles. The van der Waals surface area contributed by atoms with Crippen molar-refractivity contribution in [2.24, 2.45) is 0 Å². The van der Waals surface area contributed by atoms with Gasteiger partial charge in [-0.25, -0.2) is 4.79 Å². The number of nitrogens with zero attached hydrogens (tertiary/aromatic N) is 1. The van der Waals surface area contributed by atoms with Crippen LogP contribution >= 0.6 is 27.5 Å². The van der Waals surface area contributed by atoms with E-state index in [0.29, 0.717) is 4.47 Å². The Kier molecular flexibility index (Phi) is 4.20. The lowest BCUT2D eigenvalue weighted by Crippen LogP contribution is -2.19. The number of carboxylic acid groups (broad SMARTS) is 1. The number of halogens is 5. The molecule has 0 radical (unpaired) electrons. The van der Waals surface area contributed by atoms with Gasteiger partial charge in [-0.15, -0.1) is 13.2 Å². The summed E-state index contributed by atoms with van der Waals surface area (Å²) >= 11 is 8.75. The summed E-state index contributed by atoms with van der Waals surface area (Å²) in [5.74, 6) is -1.88. The second kappa shape index (κ2) is 5.61. The van der Waals surface area contributed by atoms with E-state index in [-0.39, 0.29) is 16.4 Å². The minimum atomic E-state index is -4.91. The van der Waals surface area contributed by atoms with E-state index >= 15 is 0 Å². The van der Waals surface area contributed by atoms with Gasteiger partial charge < -0.3 is 14.4 Å². The molecule has 112 valence electrons. The Bertz CT molecular complexity index is 700. The summed E-state index contributed by atoms with van der Waals surface area (Å²) in [6.45, 7) is 0. The van der Waals surface area contributed by atoms with E-state index in [1.165, 1.54) is 18.3 Å². The SMILES string of the molecule is O=C(O)c1cc(Cl)cn1-c1ccc(Br)cc1OC(F)(F)F. The Hall–Kier alpha value is -1.67. The van der Waals surface area contributed by atoms with Gasteiger partial charge in [-0.2, -0.15) is 0 Å². The molecule has 2 rings (SSSR count). The lowest BCUT2D eigenvalue weighted by Gasteiger charge is -2.15. The first-order valence-corrected chi connectivity index (χ1v) is 6.51. The summed E-state index contributed by atoms with van der Waals surface area (Å²) in [6, 6.07) is 4.96. The van der Waals surface area contributed by atoms with Gasteiger partial charge in [-0.3, -0.25) is 0 Å². The molecule has 1 aromatic heterocycles. The van der Waals surface area contributed by atoms with Crippen LogP contribution < -0.4 is 4.74 Å². The standard InChI is InChI=1S/C12H6BrClF3NO3/c13-6-1-2-8(10(3-6)21-12(15,16)17)18-5-7(14)4-9(18)11(19)20/h1-5H,(H,19,20). The monoisotopic (exact) mass is 383 g/mol. The predicted octanol–water partition coefficient (Wildman–Crippen LogP) is 4.49. The average molecular weight is 385 g/mol. The maximum Gasteiger partial charge on any atom is 0.573 e. The number of aromatic nitrogens is 1. The fourth-order valence-corrected chi connectivity index (χ4v) is 2.23. The average Bonchev–Trinajstić information content (AvgIpc) is 2.69. The van der Waals surface area contributed by atoms with Gasteiger partial charge in [0.25, 0.3) is 0 Å². The summed E-state index contributed by atoms with van der Waals surface area (Å²) in [7, 11) is 0. The molecule has 0 amide bonds. The predicted molar refractivity (Wildman–Crippen MR) is 72.1 cm³/mol. The van der Waals surface area contributed by atoms with E-state index in [2.05, 4.69) is 20.7 Å². The highest BCUT2D eigenvalue weighted by atomic mass is 79.9. The van der Waals surface area contributed by atoms with Crippen molar-refractivity contribution in [2.75, 3.05) is 0 Å². The van der Waals surface area contributed by atoms with Gasteiger partial charge in [0.1, 0.15) is 5.69 Å². The van der Waals surface area contributed by atoms with E-state index in [4.69, 9.17) is 16.7 Å². The number of carboxylic acids is 1. The highest BCUT2D eigenvalue weighted by Gasteiger charge is 2.33. The third-order valence-corrected chi connectivity index (χ3v) is 3.11. The number of carbonyl (C=O) groups is 1. The zero-order chi connectivity index (χ0) is 15.8. The van der Waals surface area contributed by atoms with Crippen LogP contribution in [0.2, 0.25) is 5.02 Å². The molecular weight excluding hydrogens is 378 g/mol. The molecule has 0 aliphatic carbocycles. The molecule has 0 aliphatic rings. The summed E-state index contributed by atoms with van der Waals surface area (Å²) in [5, 5.41) is 9.14. The van der Waals surface area contributed by atoms with Crippen molar-refractivity contribution in [3.05, 3.63) is 45.7 Å². The molecule has 2 aromatic rings. The second-order valence-electron chi connectivity index (χ2n) is 3.88. The Morgan fingerprint density at radius 2 is 2.00 bits per heavy atom. The molecule has 1 heterocycles. The van der Waals surface area contributed by atoms with Crippen LogP contribution in [0.15, 0.2) is 34.9 Å². The number of aromatic carboxylic acids is 1. The van der Waals surface area contributed by atoms with E-state index in [1.807, 2.05) is 0 Å². The number of hydrogen-bond donors (Lipinski definition) is 1. The molecule has 0 bridgehead atoms. The van der Waals surface area contributed by atoms with Crippen molar-refractivity contribution in [1.82, 2.24) is 4.57 Å². The zero-order valence-corrected chi connectivity index (χ0v) is 12.3. The Morgan fingerprint density at radius 3 is 2.57 bits per heavy atom. The van der Waals surface area contributed by atoms with Crippen LogP contribution in [0.5, 0.6) is 5.75 Å². The van der Waals surface area contributed by atoms with Crippen LogP contribution in [0.1, 0.15) is 10.5 Å². The minimum absolute atomic E-state index is 0.0771. The molecule has 21 heavy (non-hydrogen) atoms. The highest BCUT2D eigenvalue weighted by molar-refractivity contribution is 9.10. The first kappa shape index (κ1) is 15.7. The molecule has 0 fully saturated rings. The van der Waals surface area contributed by atoms with Crippen LogP contribution in [0, 0.1) is 0 Å². The number of rotatable bonds is 3. The van der Waals surface area contributed by atoms with Crippen molar-refractivity contribution in [3.63, 3.8) is 0 Å². The number of ether oxygens (including phenoxy) is 1. The van der Waals surface area contributed by atoms with Crippen LogP contribution in [-0.4, -0.2) is 22.0 Å². The fourth-order valence-electron chi connectivity index (χ4n) is 1.69. The molecule has 0 saturated carbocycles. The van der Waals surface area contributed by atoms with Crippen LogP contribution in [0.3, 0.4) is 0 Å². The van der Waals surface area contributed by atoms with Crippen molar-refractivity contribution >= 4 is 33.5 Å². The topological polar surface area (TPSA) is 51.5 Å². The van der Waals surface area contributed by atoms with Crippen LogP contribution in [-0.2, 0) is 0 Å². The number of benzene rings is 1. The van der Waals surface area contributed by atoms with Gasteiger partial charge in [0.15, 0.2) is 5.75 Å². The lowest BCUT2D eigenvalue weighted by atomic mass is 10.3. The van der Waals surface area contributed by atoms with Crippen LogP contribution in [0.4, 0.5) is 13.2 Å². The second-order valence-corrected chi connectivity index (χ2v) is 5.23. The molecule has 1 N–H and O–H groups in total. The zero-order valence-electron chi connectivity index (χ0n) is 9.99. The Balaban J connectivity index is 2.61. The van der Waals surface area contributed by atoms with Gasteiger partial charge in [-0.1, -0.05) is 27.5 Å². The molecule has 4 nitrogen and oxygen atoms in total. The maximum absolute atomic E-state index is 12.4. The Morgan fingerprint density at radius 1 is 1.33 bits per heavy atom. The summed E-state index contributed by atoms with van der Waals surface area (Å²) in [6.07, 6.45) is -3.71. The molecule has 0 unspecified atom stereocenters. The molecule has 9 heteroatoms. The van der Waals surface area contributed by atoms with E-state index in [9.17, 15) is 18.0 Å². The summed E-state index contributed by atoms with van der Waals surface area (Å²) < 4.78 is 42.6. The maximum atomic E-state index is 12.4. The highest BCUT2D eigenvalue weighted by Crippen LogP contribution is 2.33. The third-order valence-electron chi connectivity index (χ3n) is 2.41. The van der Waals surface area contributed by atoms with E-state index in [1.54, 1.807) is 0 Å². The first-order valence-electron chi connectivity index (χ1n) is 5.34. The van der Waals surface area contributed by atoms with Crippen molar-refractivity contribution < 1.29 is 27.8 Å². The lowest BCUT2D eigenvalue weighted by molar-refractivity contribution is -0.274. The molecule has 0 atom stereocenters. The van der Waals surface area contributed by atoms with Gasteiger partial charge in [0, 0.05) is 10.7 Å². The largest absolute Gasteiger partial charge is 0.573 e. The normalized spacial score (nSPS) is 11.5. The molecular formula is C12H6BrClF3NO3. The van der Waals surface area contributed by atoms with E-state index < -0.39 is 18.1 Å². The van der Waals surface area contributed by atoms with Crippen molar-refractivity contribution in [1.29, 1.82) is 0 Å². The number of hydrogen-bond acceptors (Lipinski definition) is 2. The third kappa shape index (κ3) is 3.70.